The van der Waals surface area contributed by atoms with Crippen LogP contribution in [-0.2, 0) is 4.74 Å². The number of hydrogen-bond donors (Lipinski definition) is 0. The fraction of sp³-hybridized carbons (Fsp3) is 0.375. The first-order valence-corrected chi connectivity index (χ1v) is 11.4. The van der Waals surface area contributed by atoms with Crippen LogP contribution in [0.4, 0.5) is 14.7 Å². The Kier molecular flexibility index (Phi) is 4.98. The van der Waals surface area contributed by atoms with E-state index in [9.17, 15) is 8.78 Å². The smallest absolute Gasteiger partial charge is 0.228 e. The molecule has 1 unspecified atom stereocenters. The fourth-order valence-corrected chi connectivity index (χ4v) is 4.20. The standard InChI is InChI=1S/C24H23F2N7O/c1-13-14(2)29-23-22(28-13)21(18-6-3-16(25)9-19(18)26)30-24(31-23)32-7-8-34-20(12-32)15-10-27-33(11-15)17-4-5-17/h3,6,9-11,17,20H,4-5,7-8,12H2,1-2H3. The normalized spacial score (nSPS) is 18.6. The van der Waals surface area contributed by atoms with Gasteiger partial charge in [-0.2, -0.15) is 10.1 Å². The van der Waals surface area contributed by atoms with E-state index in [0.29, 0.717) is 48.5 Å². The first-order chi connectivity index (χ1) is 16.5. The van der Waals surface area contributed by atoms with Gasteiger partial charge < -0.3 is 9.64 Å². The third-order valence-corrected chi connectivity index (χ3v) is 6.38. The Morgan fingerprint density at radius 2 is 1.85 bits per heavy atom. The van der Waals surface area contributed by atoms with Crippen LogP contribution in [0.2, 0.25) is 0 Å². The lowest BCUT2D eigenvalue weighted by molar-refractivity contribution is 0.0392. The predicted molar refractivity (Wildman–Crippen MR) is 121 cm³/mol. The molecule has 1 aliphatic heterocycles. The van der Waals surface area contributed by atoms with Gasteiger partial charge in [0.25, 0.3) is 0 Å². The third kappa shape index (κ3) is 3.77. The van der Waals surface area contributed by atoms with E-state index in [1.807, 2.05) is 35.8 Å². The van der Waals surface area contributed by atoms with Crippen molar-refractivity contribution in [2.75, 3.05) is 24.6 Å². The quantitative estimate of drug-likeness (QED) is 0.451. The third-order valence-electron chi connectivity index (χ3n) is 6.38. The van der Waals surface area contributed by atoms with Crippen molar-refractivity contribution < 1.29 is 13.5 Å². The summed E-state index contributed by atoms with van der Waals surface area (Å²) in [6, 6.07) is 3.93. The van der Waals surface area contributed by atoms with Crippen LogP contribution in [0.5, 0.6) is 0 Å². The molecule has 1 aliphatic carbocycles. The van der Waals surface area contributed by atoms with Crippen LogP contribution in [0.1, 0.15) is 41.9 Å². The van der Waals surface area contributed by atoms with Gasteiger partial charge in [-0.05, 0) is 38.8 Å². The predicted octanol–water partition coefficient (Wildman–Crippen LogP) is 4.09. The van der Waals surface area contributed by atoms with E-state index in [0.717, 1.165) is 30.2 Å². The molecule has 0 N–H and O–H groups in total. The van der Waals surface area contributed by atoms with Gasteiger partial charge in [-0.1, -0.05) is 0 Å². The van der Waals surface area contributed by atoms with Crippen molar-refractivity contribution in [1.29, 1.82) is 0 Å². The van der Waals surface area contributed by atoms with Crippen LogP contribution in [0.25, 0.3) is 22.4 Å². The summed E-state index contributed by atoms with van der Waals surface area (Å²) in [5.41, 5.74) is 3.64. The zero-order valence-electron chi connectivity index (χ0n) is 18.9. The van der Waals surface area contributed by atoms with E-state index < -0.39 is 11.6 Å². The molecule has 0 amide bonds. The second-order valence-corrected chi connectivity index (χ2v) is 8.85. The van der Waals surface area contributed by atoms with Gasteiger partial charge in [-0.25, -0.2) is 23.7 Å². The lowest BCUT2D eigenvalue weighted by Gasteiger charge is -2.32. The largest absolute Gasteiger partial charge is 0.370 e. The number of fused-ring (bicyclic) bond motifs is 1. The summed E-state index contributed by atoms with van der Waals surface area (Å²) in [4.78, 5) is 20.6. The molecular formula is C24H23F2N7O. The molecule has 1 saturated carbocycles. The summed E-state index contributed by atoms with van der Waals surface area (Å²) in [7, 11) is 0. The van der Waals surface area contributed by atoms with Crippen molar-refractivity contribution in [3.8, 4) is 11.3 Å². The number of nitrogens with zero attached hydrogens (tertiary/aromatic N) is 7. The van der Waals surface area contributed by atoms with E-state index in [2.05, 4.69) is 20.1 Å². The Balaban J connectivity index is 1.41. The minimum atomic E-state index is -0.710. The highest BCUT2D eigenvalue weighted by Crippen LogP contribution is 2.36. The number of morpholine rings is 1. The van der Waals surface area contributed by atoms with Gasteiger partial charge in [0.15, 0.2) is 5.65 Å². The maximum Gasteiger partial charge on any atom is 0.228 e. The van der Waals surface area contributed by atoms with Crippen molar-refractivity contribution >= 4 is 17.1 Å². The van der Waals surface area contributed by atoms with E-state index >= 15 is 0 Å². The summed E-state index contributed by atoms with van der Waals surface area (Å²) < 4.78 is 36.4. The van der Waals surface area contributed by atoms with Gasteiger partial charge in [0, 0.05) is 29.9 Å². The Morgan fingerprint density at radius 1 is 1.03 bits per heavy atom. The summed E-state index contributed by atoms with van der Waals surface area (Å²) in [5, 5.41) is 4.48. The molecule has 6 rings (SSSR count). The Labute approximate surface area is 194 Å². The zero-order chi connectivity index (χ0) is 23.4. The monoisotopic (exact) mass is 463 g/mol. The molecule has 34 heavy (non-hydrogen) atoms. The van der Waals surface area contributed by atoms with Gasteiger partial charge >= 0.3 is 0 Å². The van der Waals surface area contributed by atoms with Crippen LogP contribution >= 0.6 is 0 Å². The number of aromatic nitrogens is 6. The summed E-state index contributed by atoms with van der Waals surface area (Å²) in [6.07, 6.45) is 6.03. The molecule has 0 spiro atoms. The van der Waals surface area contributed by atoms with Gasteiger partial charge in [0.2, 0.25) is 5.95 Å². The highest BCUT2D eigenvalue weighted by molar-refractivity contribution is 5.88. The zero-order valence-corrected chi connectivity index (χ0v) is 18.9. The van der Waals surface area contributed by atoms with Crippen molar-refractivity contribution in [2.24, 2.45) is 0 Å². The topological polar surface area (TPSA) is 81.9 Å². The van der Waals surface area contributed by atoms with Crippen LogP contribution in [0, 0.1) is 25.5 Å². The highest BCUT2D eigenvalue weighted by atomic mass is 19.1. The number of anilines is 1. The average Bonchev–Trinajstić information content (AvgIpc) is 3.56. The maximum atomic E-state index is 14.8. The maximum absolute atomic E-state index is 14.8. The molecule has 1 saturated heterocycles. The first-order valence-electron chi connectivity index (χ1n) is 11.4. The fourth-order valence-electron chi connectivity index (χ4n) is 4.20. The second kappa shape index (κ2) is 8.05. The summed E-state index contributed by atoms with van der Waals surface area (Å²) >= 11 is 0. The number of hydrogen-bond acceptors (Lipinski definition) is 7. The van der Waals surface area contributed by atoms with Crippen LogP contribution in [-0.4, -0.2) is 49.4 Å². The molecule has 3 aromatic heterocycles. The molecule has 4 heterocycles. The lowest BCUT2D eigenvalue weighted by atomic mass is 10.1. The first kappa shape index (κ1) is 21.0. The van der Waals surface area contributed by atoms with Crippen molar-refractivity contribution in [1.82, 2.24) is 29.7 Å². The van der Waals surface area contributed by atoms with Crippen molar-refractivity contribution in [3.05, 3.63) is 59.2 Å². The molecule has 8 nitrogen and oxygen atoms in total. The molecule has 4 aromatic rings. The van der Waals surface area contributed by atoms with Gasteiger partial charge in [-0.15, -0.1) is 0 Å². The average molecular weight is 463 g/mol. The lowest BCUT2D eigenvalue weighted by Crippen LogP contribution is -2.39. The van der Waals surface area contributed by atoms with Gasteiger partial charge in [-0.3, -0.25) is 4.68 Å². The molecule has 0 radical (unpaired) electrons. The molecule has 10 heteroatoms. The number of aryl methyl sites for hydroxylation is 2. The van der Waals surface area contributed by atoms with E-state index in [-0.39, 0.29) is 17.4 Å². The molecule has 1 atom stereocenters. The Morgan fingerprint density at radius 3 is 2.65 bits per heavy atom. The Hall–Kier alpha value is -3.53. The van der Waals surface area contributed by atoms with E-state index in [4.69, 9.17) is 9.72 Å². The van der Waals surface area contributed by atoms with Crippen molar-refractivity contribution in [3.63, 3.8) is 0 Å². The number of ether oxygens (including phenoxy) is 1. The minimum Gasteiger partial charge on any atom is -0.370 e. The molecular weight excluding hydrogens is 440 g/mol. The molecule has 2 fully saturated rings. The van der Waals surface area contributed by atoms with Crippen LogP contribution < -0.4 is 4.90 Å². The van der Waals surface area contributed by atoms with Crippen LogP contribution in [0.3, 0.4) is 0 Å². The number of rotatable bonds is 4. The number of benzene rings is 1. The van der Waals surface area contributed by atoms with Crippen LogP contribution in [0.15, 0.2) is 30.6 Å². The van der Waals surface area contributed by atoms with Crippen molar-refractivity contribution in [2.45, 2.75) is 38.8 Å². The molecule has 1 aromatic carbocycles. The molecule has 0 bridgehead atoms. The van der Waals surface area contributed by atoms with Gasteiger partial charge in [0.1, 0.15) is 28.9 Å². The highest BCUT2D eigenvalue weighted by Gasteiger charge is 2.29. The number of halogens is 2. The second-order valence-electron chi connectivity index (χ2n) is 8.85. The molecule has 2 aliphatic rings. The minimum absolute atomic E-state index is 0.156. The molecule has 174 valence electrons. The van der Waals surface area contributed by atoms with Gasteiger partial charge in [0.05, 0.1) is 36.8 Å². The van der Waals surface area contributed by atoms with E-state index in [1.54, 1.807) is 0 Å². The summed E-state index contributed by atoms with van der Waals surface area (Å²) in [6.45, 7) is 5.26. The Bertz CT molecular complexity index is 1400. The summed E-state index contributed by atoms with van der Waals surface area (Å²) in [5.74, 6) is -0.953. The van der Waals surface area contributed by atoms with E-state index in [1.165, 1.54) is 12.1 Å². The SMILES string of the molecule is Cc1nc2nc(N3CCOC(c4cnn(C5CC5)c4)C3)nc(-c3ccc(F)cc3F)c2nc1C.